The van der Waals surface area contributed by atoms with E-state index in [1.807, 2.05) is 17.8 Å². The first-order valence-electron chi connectivity index (χ1n) is 6.82. The molecule has 0 spiro atoms. The van der Waals surface area contributed by atoms with Crippen molar-refractivity contribution in [2.45, 2.75) is 50.3 Å². The molecule has 0 radical (unpaired) electrons. The van der Waals surface area contributed by atoms with Crippen molar-refractivity contribution in [2.24, 2.45) is 0 Å². The number of halogens is 1. The van der Waals surface area contributed by atoms with Gasteiger partial charge in [-0.2, -0.15) is 0 Å². The van der Waals surface area contributed by atoms with E-state index in [1.165, 1.54) is 59.2 Å². The molecule has 1 rings (SSSR count). The summed E-state index contributed by atoms with van der Waals surface area (Å²) in [4.78, 5) is 1.33. The summed E-state index contributed by atoms with van der Waals surface area (Å²) in [6.07, 6.45) is 10.1. The molecule has 0 bridgehead atoms. The summed E-state index contributed by atoms with van der Waals surface area (Å²) in [7, 11) is 0. The highest BCUT2D eigenvalue weighted by atomic mass is 79.9. The summed E-state index contributed by atoms with van der Waals surface area (Å²) in [5.41, 5.74) is 1.20. The molecule has 1 aromatic rings. The standard InChI is InChI=1S/C16H23BrS/c1-3-5-6-7-8-9-12-18-16-13-14(4-2)10-11-15(16)17/h4,10-11,13H,2-3,5-9,12H2,1H3. The number of hydrogen-bond donors (Lipinski definition) is 0. The van der Waals surface area contributed by atoms with Crippen LogP contribution in [0.1, 0.15) is 51.0 Å². The molecule has 0 fully saturated rings. The quantitative estimate of drug-likeness (QED) is 0.366. The van der Waals surface area contributed by atoms with Gasteiger partial charge in [0, 0.05) is 9.37 Å². The van der Waals surface area contributed by atoms with Crippen molar-refractivity contribution in [3.63, 3.8) is 0 Å². The van der Waals surface area contributed by atoms with Gasteiger partial charge in [-0.15, -0.1) is 11.8 Å². The van der Waals surface area contributed by atoms with Crippen LogP contribution in [0.2, 0.25) is 0 Å². The van der Waals surface area contributed by atoms with Crippen molar-refractivity contribution in [2.75, 3.05) is 5.75 Å². The van der Waals surface area contributed by atoms with E-state index < -0.39 is 0 Å². The van der Waals surface area contributed by atoms with Gasteiger partial charge in [-0.05, 0) is 45.8 Å². The van der Waals surface area contributed by atoms with Crippen molar-refractivity contribution in [3.8, 4) is 0 Å². The molecule has 0 saturated heterocycles. The molecule has 18 heavy (non-hydrogen) atoms. The summed E-state index contributed by atoms with van der Waals surface area (Å²) >= 11 is 5.55. The van der Waals surface area contributed by atoms with Crippen LogP contribution >= 0.6 is 27.7 Å². The third kappa shape index (κ3) is 6.10. The lowest BCUT2D eigenvalue weighted by atomic mass is 10.1. The molecule has 0 N–H and O–H groups in total. The van der Waals surface area contributed by atoms with Crippen LogP contribution in [0.5, 0.6) is 0 Å². The van der Waals surface area contributed by atoms with Gasteiger partial charge in [0.25, 0.3) is 0 Å². The second kappa shape index (κ2) is 9.69. The molecule has 0 heterocycles. The van der Waals surface area contributed by atoms with Gasteiger partial charge >= 0.3 is 0 Å². The highest BCUT2D eigenvalue weighted by molar-refractivity contribution is 9.10. The van der Waals surface area contributed by atoms with E-state index in [0.717, 1.165) is 0 Å². The highest BCUT2D eigenvalue weighted by Crippen LogP contribution is 2.29. The van der Waals surface area contributed by atoms with E-state index in [0.29, 0.717) is 0 Å². The smallest absolute Gasteiger partial charge is 0.0311 e. The zero-order valence-corrected chi connectivity index (χ0v) is 13.7. The average molecular weight is 327 g/mol. The lowest BCUT2D eigenvalue weighted by Gasteiger charge is -2.06. The van der Waals surface area contributed by atoms with Crippen LogP contribution in [0, 0.1) is 0 Å². The SMILES string of the molecule is C=Cc1ccc(Br)c(SCCCCCCCC)c1. The van der Waals surface area contributed by atoms with E-state index >= 15 is 0 Å². The summed E-state index contributed by atoms with van der Waals surface area (Å²) in [6, 6.07) is 6.41. The number of benzene rings is 1. The fourth-order valence-corrected chi connectivity index (χ4v) is 3.41. The van der Waals surface area contributed by atoms with Crippen molar-refractivity contribution in [3.05, 3.63) is 34.8 Å². The first-order chi connectivity index (χ1) is 8.77. The fourth-order valence-electron chi connectivity index (χ4n) is 1.82. The molecule has 0 aliphatic carbocycles. The summed E-state index contributed by atoms with van der Waals surface area (Å²) in [6.45, 7) is 6.08. The molecule has 0 unspecified atom stereocenters. The topological polar surface area (TPSA) is 0 Å². The Morgan fingerprint density at radius 3 is 2.61 bits per heavy atom. The van der Waals surface area contributed by atoms with Gasteiger partial charge in [0.1, 0.15) is 0 Å². The van der Waals surface area contributed by atoms with Gasteiger partial charge in [0.05, 0.1) is 0 Å². The third-order valence-electron chi connectivity index (χ3n) is 2.95. The summed E-state index contributed by atoms with van der Waals surface area (Å²) in [5.74, 6) is 1.21. The van der Waals surface area contributed by atoms with Crippen LogP contribution < -0.4 is 0 Å². The Kier molecular flexibility index (Phi) is 8.53. The van der Waals surface area contributed by atoms with Gasteiger partial charge in [0.2, 0.25) is 0 Å². The molecule has 0 amide bonds. The molecular formula is C16H23BrS. The van der Waals surface area contributed by atoms with Crippen LogP contribution in [0.3, 0.4) is 0 Å². The Labute approximate surface area is 124 Å². The molecular weight excluding hydrogens is 304 g/mol. The molecule has 100 valence electrons. The number of rotatable bonds is 9. The van der Waals surface area contributed by atoms with Gasteiger partial charge in [0.15, 0.2) is 0 Å². The van der Waals surface area contributed by atoms with E-state index in [9.17, 15) is 0 Å². The Morgan fingerprint density at radius 1 is 1.17 bits per heavy atom. The first-order valence-corrected chi connectivity index (χ1v) is 8.60. The second-order valence-electron chi connectivity index (χ2n) is 4.51. The Balaban J connectivity index is 2.24. The molecule has 2 heteroatoms. The molecule has 0 atom stereocenters. The zero-order valence-electron chi connectivity index (χ0n) is 11.3. The number of hydrogen-bond acceptors (Lipinski definition) is 1. The van der Waals surface area contributed by atoms with Gasteiger partial charge in [-0.3, -0.25) is 0 Å². The van der Waals surface area contributed by atoms with Crippen molar-refractivity contribution in [1.82, 2.24) is 0 Å². The van der Waals surface area contributed by atoms with E-state index in [1.54, 1.807) is 0 Å². The van der Waals surface area contributed by atoms with Crippen LogP contribution in [0.25, 0.3) is 6.08 Å². The zero-order chi connectivity index (χ0) is 13.2. The normalized spacial score (nSPS) is 10.6. The lowest BCUT2D eigenvalue weighted by Crippen LogP contribution is -1.84. The van der Waals surface area contributed by atoms with Crippen LogP contribution in [-0.2, 0) is 0 Å². The first kappa shape index (κ1) is 15.8. The third-order valence-corrected chi connectivity index (χ3v) is 5.04. The summed E-state index contributed by atoms with van der Waals surface area (Å²) in [5, 5.41) is 0. The molecule has 0 aliphatic heterocycles. The summed E-state index contributed by atoms with van der Waals surface area (Å²) < 4.78 is 1.20. The highest BCUT2D eigenvalue weighted by Gasteiger charge is 2.01. The maximum absolute atomic E-state index is 3.82. The van der Waals surface area contributed by atoms with E-state index in [4.69, 9.17) is 0 Å². The number of unbranched alkanes of at least 4 members (excludes halogenated alkanes) is 5. The fraction of sp³-hybridized carbons (Fsp3) is 0.500. The van der Waals surface area contributed by atoms with Crippen molar-refractivity contribution in [1.29, 1.82) is 0 Å². The minimum Gasteiger partial charge on any atom is -0.125 e. The predicted octanol–water partition coefficient (Wildman–Crippen LogP) is 6.54. The Morgan fingerprint density at radius 2 is 1.89 bits per heavy atom. The molecule has 0 aromatic heterocycles. The molecule has 0 aliphatic rings. The van der Waals surface area contributed by atoms with Gasteiger partial charge < -0.3 is 0 Å². The largest absolute Gasteiger partial charge is 0.125 e. The molecule has 1 aromatic carbocycles. The van der Waals surface area contributed by atoms with Crippen molar-refractivity contribution < 1.29 is 0 Å². The minimum atomic E-state index is 1.20. The van der Waals surface area contributed by atoms with Crippen LogP contribution in [-0.4, -0.2) is 5.75 Å². The average Bonchev–Trinajstić information content (AvgIpc) is 2.39. The van der Waals surface area contributed by atoms with Crippen LogP contribution in [0.15, 0.2) is 34.1 Å². The van der Waals surface area contributed by atoms with E-state index in [2.05, 4.69) is 47.6 Å². The van der Waals surface area contributed by atoms with Gasteiger partial charge in [-0.25, -0.2) is 0 Å². The predicted molar refractivity (Wildman–Crippen MR) is 88.3 cm³/mol. The molecule has 0 nitrogen and oxygen atoms in total. The van der Waals surface area contributed by atoms with Gasteiger partial charge in [-0.1, -0.05) is 57.7 Å². The van der Waals surface area contributed by atoms with E-state index in [-0.39, 0.29) is 0 Å². The maximum atomic E-state index is 3.82. The minimum absolute atomic E-state index is 1.20. The van der Waals surface area contributed by atoms with Crippen LogP contribution in [0.4, 0.5) is 0 Å². The maximum Gasteiger partial charge on any atom is 0.0311 e. The molecule has 0 saturated carbocycles. The van der Waals surface area contributed by atoms with Crippen molar-refractivity contribution >= 4 is 33.8 Å². The Hall–Kier alpha value is -0.210. The second-order valence-corrected chi connectivity index (χ2v) is 6.50. The monoisotopic (exact) mass is 326 g/mol. The Bertz CT molecular complexity index is 360. The number of thioether (sulfide) groups is 1. The lowest BCUT2D eigenvalue weighted by molar-refractivity contribution is 0.627.